The summed E-state index contributed by atoms with van der Waals surface area (Å²) in [6.45, 7) is 8.27. The van der Waals surface area contributed by atoms with Crippen LogP contribution in [-0.2, 0) is 12.8 Å². The van der Waals surface area contributed by atoms with Crippen LogP contribution in [0, 0.1) is 13.8 Å². The summed E-state index contributed by atoms with van der Waals surface area (Å²) in [5.41, 5.74) is 8.92. The summed E-state index contributed by atoms with van der Waals surface area (Å²) in [5.74, 6) is 1.91. The third-order valence-electron chi connectivity index (χ3n) is 4.78. The second kappa shape index (κ2) is 5.53. The zero-order valence-corrected chi connectivity index (χ0v) is 13.7. The highest BCUT2D eigenvalue weighted by molar-refractivity contribution is 5.85. The van der Waals surface area contributed by atoms with E-state index >= 15 is 0 Å². The Hall–Kier alpha value is -2.22. The van der Waals surface area contributed by atoms with E-state index in [9.17, 15) is 0 Å². The molecule has 2 nitrogen and oxygen atoms in total. The second-order valence-electron chi connectivity index (χ2n) is 5.77. The Bertz CT molecular complexity index is 757. The van der Waals surface area contributed by atoms with Crippen LogP contribution in [0.3, 0.4) is 0 Å². The van der Waals surface area contributed by atoms with Crippen LogP contribution in [0.15, 0.2) is 24.8 Å². The summed E-state index contributed by atoms with van der Waals surface area (Å²) >= 11 is 0. The van der Waals surface area contributed by atoms with E-state index in [1.54, 1.807) is 14.2 Å². The first-order valence-electron chi connectivity index (χ1n) is 7.62. The van der Waals surface area contributed by atoms with Gasteiger partial charge in [-0.05, 0) is 77.8 Å². The Labute approximate surface area is 132 Å². The summed E-state index contributed by atoms with van der Waals surface area (Å²) in [6, 6.07) is 6.42. The lowest BCUT2D eigenvalue weighted by atomic mass is 9.79. The van der Waals surface area contributed by atoms with Gasteiger partial charge in [0.1, 0.15) is 11.5 Å². The molecule has 0 fully saturated rings. The third kappa shape index (κ3) is 2.02. The second-order valence-corrected chi connectivity index (χ2v) is 5.77. The standard InChI is InChI=1S/C20H22O2/c1-6-15-12(2)19(22-5)11-14-7-8-16-13(3)18(21-4)10-9-17(16)20(14)15/h6,9-11H,1,7-8H2,2-5H3. The van der Waals surface area contributed by atoms with Crippen molar-refractivity contribution in [3.05, 3.63) is 52.6 Å². The fraction of sp³-hybridized carbons (Fsp3) is 0.300. The number of hydrogen-bond donors (Lipinski definition) is 0. The smallest absolute Gasteiger partial charge is 0.122 e. The van der Waals surface area contributed by atoms with Crippen LogP contribution in [0.5, 0.6) is 11.5 Å². The van der Waals surface area contributed by atoms with Gasteiger partial charge in [-0.1, -0.05) is 18.7 Å². The molecule has 1 aliphatic carbocycles. The number of rotatable bonds is 3. The van der Waals surface area contributed by atoms with Crippen LogP contribution in [0.25, 0.3) is 17.2 Å². The van der Waals surface area contributed by atoms with Gasteiger partial charge in [-0.2, -0.15) is 0 Å². The first-order chi connectivity index (χ1) is 10.6. The molecular formula is C20H22O2. The molecule has 0 aromatic heterocycles. The maximum atomic E-state index is 5.53. The predicted molar refractivity (Wildman–Crippen MR) is 92.0 cm³/mol. The monoisotopic (exact) mass is 294 g/mol. The van der Waals surface area contributed by atoms with Gasteiger partial charge in [0, 0.05) is 0 Å². The average Bonchev–Trinajstić information content (AvgIpc) is 2.54. The van der Waals surface area contributed by atoms with Crippen molar-refractivity contribution in [2.24, 2.45) is 0 Å². The van der Waals surface area contributed by atoms with E-state index in [2.05, 4.69) is 38.6 Å². The zero-order chi connectivity index (χ0) is 15.9. The minimum Gasteiger partial charge on any atom is -0.496 e. The van der Waals surface area contributed by atoms with Crippen molar-refractivity contribution >= 4 is 6.08 Å². The number of aryl methyl sites for hydroxylation is 1. The molecule has 0 saturated heterocycles. The van der Waals surface area contributed by atoms with Crippen molar-refractivity contribution < 1.29 is 9.47 Å². The van der Waals surface area contributed by atoms with E-state index in [1.807, 2.05) is 6.08 Å². The van der Waals surface area contributed by atoms with Gasteiger partial charge in [0.05, 0.1) is 14.2 Å². The molecule has 0 bridgehead atoms. The van der Waals surface area contributed by atoms with Gasteiger partial charge in [-0.25, -0.2) is 0 Å². The maximum Gasteiger partial charge on any atom is 0.122 e. The van der Waals surface area contributed by atoms with Gasteiger partial charge in [-0.15, -0.1) is 0 Å². The molecule has 0 N–H and O–H groups in total. The van der Waals surface area contributed by atoms with E-state index in [4.69, 9.17) is 9.47 Å². The Morgan fingerprint density at radius 1 is 1.00 bits per heavy atom. The molecule has 3 rings (SSSR count). The molecule has 2 aromatic carbocycles. The largest absolute Gasteiger partial charge is 0.496 e. The lowest BCUT2D eigenvalue weighted by Crippen LogP contribution is -2.09. The van der Waals surface area contributed by atoms with E-state index in [1.165, 1.54) is 33.4 Å². The molecule has 0 saturated carbocycles. The third-order valence-corrected chi connectivity index (χ3v) is 4.78. The van der Waals surface area contributed by atoms with Crippen LogP contribution in [0.1, 0.15) is 27.8 Å². The number of hydrogen-bond acceptors (Lipinski definition) is 2. The van der Waals surface area contributed by atoms with Crippen LogP contribution >= 0.6 is 0 Å². The molecule has 114 valence electrons. The molecule has 0 spiro atoms. The lowest BCUT2D eigenvalue weighted by molar-refractivity contribution is 0.410. The Balaban J connectivity index is 2.33. The molecule has 0 amide bonds. The topological polar surface area (TPSA) is 18.5 Å². The van der Waals surface area contributed by atoms with Gasteiger partial charge in [0.25, 0.3) is 0 Å². The minimum atomic E-state index is 0.947. The van der Waals surface area contributed by atoms with Crippen LogP contribution in [-0.4, -0.2) is 14.2 Å². The Morgan fingerprint density at radius 3 is 2.36 bits per heavy atom. The summed E-state index contributed by atoms with van der Waals surface area (Å²) < 4.78 is 11.0. The normalized spacial score (nSPS) is 12.4. The highest BCUT2D eigenvalue weighted by Gasteiger charge is 2.23. The van der Waals surface area contributed by atoms with Crippen molar-refractivity contribution in [2.45, 2.75) is 26.7 Å². The van der Waals surface area contributed by atoms with Gasteiger partial charge in [-0.3, -0.25) is 0 Å². The molecule has 2 aromatic rings. The molecule has 1 aliphatic rings. The van der Waals surface area contributed by atoms with E-state index in [0.29, 0.717) is 0 Å². The summed E-state index contributed by atoms with van der Waals surface area (Å²) in [6.07, 6.45) is 4.01. The molecule has 2 heteroatoms. The van der Waals surface area contributed by atoms with Gasteiger partial charge >= 0.3 is 0 Å². The molecule has 0 unspecified atom stereocenters. The first kappa shape index (κ1) is 14.7. The SMILES string of the molecule is C=Cc1c(C)c(OC)cc2c1-c1ccc(OC)c(C)c1CC2. The predicted octanol–water partition coefficient (Wildman–Crippen LogP) is 4.73. The first-order valence-corrected chi connectivity index (χ1v) is 7.62. The summed E-state index contributed by atoms with van der Waals surface area (Å²) in [4.78, 5) is 0. The Morgan fingerprint density at radius 2 is 1.73 bits per heavy atom. The van der Waals surface area contributed by atoms with Crippen molar-refractivity contribution in [3.63, 3.8) is 0 Å². The van der Waals surface area contributed by atoms with Gasteiger partial charge in [0.2, 0.25) is 0 Å². The number of benzene rings is 2. The fourth-order valence-electron chi connectivity index (χ4n) is 3.59. The highest BCUT2D eigenvalue weighted by atomic mass is 16.5. The van der Waals surface area contributed by atoms with Gasteiger partial charge in [0.15, 0.2) is 0 Å². The van der Waals surface area contributed by atoms with Crippen LogP contribution < -0.4 is 9.47 Å². The van der Waals surface area contributed by atoms with Crippen molar-refractivity contribution in [2.75, 3.05) is 14.2 Å². The number of fused-ring (bicyclic) bond motifs is 3. The highest BCUT2D eigenvalue weighted by Crippen LogP contribution is 2.43. The summed E-state index contributed by atoms with van der Waals surface area (Å²) in [7, 11) is 3.46. The minimum absolute atomic E-state index is 0.947. The van der Waals surface area contributed by atoms with Gasteiger partial charge < -0.3 is 9.47 Å². The lowest BCUT2D eigenvalue weighted by Gasteiger charge is -2.26. The molecule has 0 heterocycles. The molecule has 0 aliphatic heterocycles. The Kier molecular flexibility index (Phi) is 3.69. The zero-order valence-electron chi connectivity index (χ0n) is 13.7. The van der Waals surface area contributed by atoms with Crippen molar-refractivity contribution in [1.29, 1.82) is 0 Å². The molecular weight excluding hydrogens is 272 g/mol. The van der Waals surface area contributed by atoms with Crippen LogP contribution in [0.4, 0.5) is 0 Å². The average molecular weight is 294 g/mol. The molecule has 0 atom stereocenters. The number of ether oxygens (including phenoxy) is 2. The quantitative estimate of drug-likeness (QED) is 0.815. The number of methoxy groups -OCH3 is 2. The molecule has 22 heavy (non-hydrogen) atoms. The van der Waals surface area contributed by atoms with E-state index in [-0.39, 0.29) is 0 Å². The summed E-state index contributed by atoms with van der Waals surface area (Å²) in [5, 5.41) is 0. The van der Waals surface area contributed by atoms with E-state index < -0.39 is 0 Å². The van der Waals surface area contributed by atoms with Crippen molar-refractivity contribution in [1.82, 2.24) is 0 Å². The van der Waals surface area contributed by atoms with Crippen LogP contribution in [0.2, 0.25) is 0 Å². The van der Waals surface area contributed by atoms with E-state index in [0.717, 1.165) is 29.9 Å². The molecule has 0 radical (unpaired) electrons. The van der Waals surface area contributed by atoms with Crippen molar-refractivity contribution in [3.8, 4) is 22.6 Å². The fourth-order valence-corrected chi connectivity index (χ4v) is 3.59. The maximum absolute atomic E-state index is 5.53.